The quantitative estimate of drug-likeness (QED) is 0.751. The van der Waals surface area contributed by atoms with Crippen molar-refractivity contribution < 1.29 is 9.90 Å². The van der Waals surface area contributed by atoms with E-state index in [9.17, 15) is 4.79 Å². The van der Waals surface area contributed by atoms with Crippen LogP contribution in [0.15, 0.2) is 0 Å². The third kappa shape index (κ3) is 3.19. The lowest BCUT2D eigenvalue weighted by atomic mass is 9.84. The zero-order valence-corrected chi connectivity index (χ0v) is 10.7. The zero-order valence-electron chi connectivity index (χ0n) is 10.7. The topological polar surface area (TPSA) is 52.6 Å². The van der Waals surface area contributed by atoms with Crippen molar-refractivity contribution in [3.63, 3.8) is 0 Å². The van der Waals surface area contributed by atoms with E-state index in [1.54, 1.807) is 0 Å². The van der Waals surface area contributed by atoms with E-state index >= 15 is 0 Å². The molecule has 1 amide bonds. The zero-order chi connectivity index (χ0) is 12.3. The van der Waals surface area contributed by atoms with E-state index in [2.05, 4.69) is 12.2 Å². The number of aliphatic hydroxyl groups excluding tert-OH is 1. The van der Waals surface area contributed by atoms with Gasteiger partial charge in [0.15, 0.2) is 0 Å². The van der Waals surface area contributed by atoms with Crippen LogP contribution in [0.25, 0.3) is 0 Å². The Hall–Kier alpha value is -0.610. The van der Waals surface area contributed by atoms with Gasteiger partial charge in [-0.05, 0) is 37.8 Å². The van der Waals surface area contributed by atoms with E-state index in [-0.39, 0.29) is 12.5 Å². The fraction of sp³-hybridized carbons (Fsp3) is 0.923. The van der Waals surface area contributed by atoms with Crippen LogP contribution in [-0.2, 0) is 4.79 Å². The first-order valence-electron chi connectivity index (χ1n) is 6.80. The summed E-state index contributed by atoms with van der Waals surface area (Å²) in [4.78, 5) is 13.8. The Labute approximate surface area is 103 Å². The van der Waals surface area contributed by atoms with Crippen molar-refractivity contribution in [1.82, 2.24) is 10.2 Å². The molecule has 0 aromatic carbocycles. The summed E-state index contributed by atoms with van der Waals surface area (Å²) in [5.74, 6) is 1.73. The number of aliphatic hydroxyl groups is 1. The highest BCUT2D eigenvalue weighted by Crippen LogP contribution is 2.25. The van der Waals surface area contributed by atoms with E-state index in [1.165, 1.54) is 12.8 Å². The second kappa shape index (κ2) is 5.83. The second-order valence-corrected chi connectivity index (χ2v) is 5.64. The molecule has 0 aromatic heterocycles. The van der Waals surface area contributed by atoms with Gasteiger partial charge in [-0.3, -0.25) is 4.79 Å². The predicted octanol–water partition coefficient (Wildman–Crippen LogP) is 0.463. The van der Waals surface area contributed by atoms with Crippen molar-refractivity contribution in [2.45, 2.75) is 26.2 Å². The van der Waals surface area contributed by atoms with E-state index in [1.807, 2.05) is 4.90 Å². The molecule has 4 heteroatoms. The molecule has 2 unspecified atom stereocenters. The molecule has 4 nitrogen and oxygen atoms in total. The van der Waals surface area contributed by atoms with E-state index < -0.39 is 0 Å². The van der Waals surface area contributed by atoms with Crippen molar-refractivity contribution in [3.8, 4) is 0 Å². The molecule has 0 spiro atoms. The first-order chi connectivity index (χ1) is 8.20. The molecular weight excluding hydrogens is 216 g/mol. The van der Waals surface area contributed by atoms with Crippen molar-refractivity contribution in [2.24, 2.45) is 17.8 Å². The number of likely N-dealkylation sites (tertiary alicyclic amines) is 1. The summed E-state index contributed by atoms with van der Waals surface area (Å²) in [5, 5.41) is 12.3. The maximum Gasteiger partial charge on any atom is 0.222 e. The molecule has 2 aliphatic heterocycles. The third-order valence-electron chi connectivity index (χ3n) is 4.20. The highest BCUT2D eigenvalue weighted by atomic mass is 16.3. The number of piperidine rings is 1. The Morgan fingerprint density at radius 1 is 1.53 bits per heavy atom. The van der Waals surface area contributed by atoms with Gasteiger partial charge in [-0.15, -0.1) is 0 Å². The van der Waals surface area contributed by atoms with Gasteiger partial charge in [0, 0.05) is 32.0 Å². The Bertz CT molecular complexity index is 258. The van der Waals surface area contributed by atoms with Gasteiger partial charge in [0.2, 0.25) is 5.91 Å². The Morgan fingerprint density at radius 3 is 2.88 bits per heavy atom. The predicted molar refractivity (Wildman–Crippen MR) is 66.5 cm³/mol. The van der Waals surface area contributed by atoms with Gasteiger partial charge in [0.25, 0.3) is 0 Å². The number of hydrogen-bond acceptors (Lipinski definition) is 3. The summed E-state index contributed by atoms with van der Waals surface area (Å²) < 4.78 is 0. The fourth-order valence-electron chi connectivity index (χ4n) is 2.82. The monoisotopic (exact) mass is 240 g/mol. The summed E-state index contributed by atoms with van der Waals surface area (Å²) in [5.41, 5.74) is 0. The van der Waals surface area contributed by atoms with Crippen LogP contribution >= 0.6 is 0 Å². The first kappa shape index (κ1) is 12.8. The molecule has 2 rings (SSSR count). The minimum atomic E-state index is 0.214. The van der Waals surface area contributed by atoms with Gasteiger partial charge < -0.3 is 15.3 Å². The van der Waals surface area contributed by atoms with Crippen molar-refractivity contribution in [1.29, 1.82) is 0 Å². The van der Waals surface area contributed by atoms with Crippen LogP contribution in [-0.4, -0.2) is 48.7 Å². The summed E-state index contributed by atoms with van der Waals surface area (Å²) in [6.45, 7) is 6.11. The lowest BCUT2D eigenvalue weighted by Crippen LogP contribution is -2.52. The van der Waals surface area contributed by atoms with Crippen LogP contribution in [0.4, 0.5) is 0 Å². The molecular formula is C13H24N2O2. The first-order valence-corrected chi connectivity index (χ1v) is 6.80. The number of rotatable bonds is 4. The molecule has 2 N–H and O–H groups in total. The highest BCUT2D eigenvalue weighted by Gasteiger charge is 2.31. The third-order valence-corrected chi connectivity index (χ3v) is 4.20. The summed E-state index contributed by atoms with van der Waals surface area (Å²) in [6.07, 6.45) is 3.16. The fourth-order valence-corrected chi connectivity index (χ4v) is 2.82. The second-order valence-electron chi connectivity index (χ2n) is 5.64. The molecule has 0 aliphatic carbocycles. The van der Waals surface area contributed by atoms with Crippen molar-refractivity contribution >= 4 is 5.91 Å². The molecule has 0 radical (unpaired) electrons. The summed E-state index contributed by atoms with van der Waals surface area (Å²) in [6, 6.07) is 0. The molecule has 2 fully saturated rings. The van der Waals surface area contributed by atoms with Gasteiger partial charge in [0.05, 0.1) is 0 Å². The maximum absolute atomic E-state index is 12.0. The Balaban J connectivity index is 1.71. The van der Waals surface area contributed by atoms with Crippen LogP contribution in [0.3, 0.4) is 0 Å². The largest absolute Gasteiger partial charge is 0.396 e. The number of carbonyl (C=O) groups excluding carboxylic acids is 1. The lowest BCUT2D eigenvalue weighted by Gasteiger charge is -2.39. The van der Waals surface area contributed by atoms with E-state index in [4.69, 9.17) is 5.11 Å². The minimum absolute atomic E-state index is 0.214. The summed E-state index contributed by atoms with van der Waals surface area (Å²) in [7, 11) is 0. The van der Waals surface area contributed by atoms with Crippen LogP contribution < -0.4 is 5.32 Å². The molecule has 0 bridgehead atoms. The molecule has 98 valence electrons. The molecule has 0 aromatic rings. The standard InChI is InChI=1S/C13H24N2O2/c1-10(12-3-2-4-14-6-12)5-13(17)15-7-11(8-15)9-16/h10-12,14,16H,2-9H2,1H3. The Morgan fingerprint density at radius 2 is 2.29 bits per heavy atom. The van der Waals surface area contributed by atoms with Gasteiger partial charge in [-0.1, -0.05) is 6.92 Å². The average Bonchev–Trinajstić information content (AvgIpc) is 2.28. The molecule has 17 heavy (non-hydrogen) atoms. The van der Waals surface area contributed by atoms with Gasteiger partial charge in [-0.2, -0.15) is 0 Å². The number of amides is 1. The molecule has 2 aliphatic rings. The number of carbonyl (C=O) groups is 1. The number of nitrogens with one attached hydrogen (secondary N) is 1. The molecule has 2 atom stereocenters. The van der Waals surface area contributed by atoms with Gasteiger partial charge >= 0.3 is 0 Å². The van der Waals surface area contributed by atoms with Crippen LogP contribution in [0, 0.1) is 17.8 Å². The molecule has 2 saturated heterocycles. The average molecular weight is 240 g/mol. The Kier molecular flexibility index (Phi) is 4.40. The normalized spacial score (nSPS) is 27.6. The number of hydrogen-bond donors (Lipinski definition) is 2. The molecule has 2 heterocycles. The highest BCUT2D eigenvalue weighted by molar-refractivity contribution is 5.77. The lowest BCUT2D eigenvalue weighted by molar-refractivity contribution is -0.139. The van der Waals surface area contributed by atoms with E-state index in [0.29, 0.717) is 24.2 Å². The SMILES string of the molecule is CC(CC(=O)N1CC(CO)C1)C1CCCNC1. The minimum Gasteiger partial charge on any atom is -0.396 e. The van der Waals surface area contributed by atoms with Gasteiger partial charge in [-0.25, -0.2) is 0 Å². The van der Waals surface area contributed by atoms with Crippen LogP contribution in [0.1, 0.15) is 26.2 Å². The van der Waals surface area contributed by atoms with Crippen molar-refractivity contribution in [3.05, 3.63) is 0 Å². The summed E-state index contributed by atoms with van der Waals surface area (Å²) >= 11 is 0. The van der Waals surface area contributed by atoms with Gasteiger partial charge in [0.1, 0.15) is 0 Å². The maximum atomic E-state index is 12.0. The number of nitrogens with zero attached hydrogens (tertiary/aromatic N) is 1. The van der Waals surface area contributed by atoms with Crippen LogP contribution in [0.2, 0.25) is 0 Å². The smallest absolute Gasteiger partial charge is 0.222 e. The molecule has 0 saturated carbocycles. The van der Waals surface area contributed by atoms with Crippen molar-refractivity contribution in [2.75, 3.05) is 32.8 Å². The van der Waals surface area contributed by atoms with E-state index in [0.717, 1.165) is 26.2 Å². The van der Waals surface area contributed by atoms with Crippen LogP contribution in [0.5, 0.6) is 0 Å².